The number of carboxylic acid groups (broad SMARTS) is 1. The Hall–Kier alpha value is -3.13. The zero-order valence-electron chi connectivity index (χ0n) is 15.7. The van der Waals surface area contributed by atoms with Gasteiger partial charge in [-0.2, -0.15) is 0 Å². The molecule has 0 aromatic heterocycles. The van der Waals surface area contributed by atoms with Crippen molar-refractivity contribution in [1.29, 1.82) is 0 Å². The van der Waals surface area contributed by atoms with Gasteiger partial charge >= 0.3 is 5.97 Å². The fourth-order valence-electron chi connectivity index (χ4n) is 3.30. The molecule has 2 aromatic carbocycles. The molecule has 1 amide bonds. The molecule has 2 aromatic rings. The van der Waals surface area contributed by atoms with Gasteiger partial charge in [0.15, 0.2) is 0 Å². The van der Waals surface area contributed by atoms with Gasteiger partial charge in [-0.1, -0.05) is 18.5 Å². The lowest BCUT2D eigenvalue weighted by atomic mass is 9.98. The number of hydrogen-bond acceptors (Lipinski definition) is 5. The number of halogens is 1. The largest absolute Gasteiger partial charge is 0.478 e. The minimum atomic E-state index is -1.17. The highest BCUT2D eigenvalue weighted by Gasteiger charge is 2.25. The third-order valence-electron chi connectivity index (χ3n) is 5.02. The van der Waals surface area contributed by atoms with Gasteiger partial charge in [0.25, 0.3) is 11.6 Å². The maximum atomic E-state index is 12.5. The van der Waals surface area contributed by atoms with Crippen LogP contribution in [-0.4, -0.2) is 35.0 Å². The Morgan fingerprint density at radius 1 is 1.21 bits per heavy atom. The van der Waals surface area contributed by atoms with Crippen LogP contribution in [0.1, 0.15) is 40.5 Å². The summed E-state index contributed by atoms with van der Waals surface area (Å²) in [6.07, 6.45) is 1.93. The number of rotatable bonds is 5. The van der Waals surface area contributed by atoms with Gasteiger partial charge in [-0.3, -0.25) is 14.9 Å². The standard InChI is InChI=1S/C20H20ClN3O5/c1-12-6-8-23(9-7-12)17-5-2-13(10-18(17)24(28)29)19(25)22-14-3-4-15(20(26)27)16(21)11-14/h2-5,10-12H,6-9H2,1H3,(H,22,25)(H,26,27). The van der Waals surface area contributed by atoms with Crippen molar-refractivity contribution in [3.63, 3.8) is 0 Å². The number of carbonyl (C=O) groups is 2. The summed E-state index contributed by atoms with van der Waals surface area (Å²) >= 11 is 5.91. The number of hydrogen-bond donors (Lipinski definition) is 2. The first kappa shape index (κ1) is 20.6. The van der Waals surface area contributed by atoms with E-state index in [0.29, 0.717) is 17.3 Å². The summed E-state index contributed by atoms with van der Waals surface area (Å²) in [6.45, 7) is 3.64. The topological polar surface area (TPSA) is 113 Å². The molecule has 8 nitrogen and oxygen atoms in total. The molecule has 1 heterocycles. The first-order valence-corrected chi connectivity index (χ1v) is 9.51. The summed E-state index contributed by atoms with van der Waals surface area (Å²) < 4.78 is 0. The molecule has 0 unspecified atom stereocenters. The fourth-order valence-corrected chi connectivity index (χ4v) is 3.56. The Morgan fingerprint density at radius 2 is 1.90 bits per heavy atom. The molecule has 3 rings (SSSR count). The van der Waals surface area contributed by atoms with E-state index in [1.165, 1.54) is 24.3 Å². The molecule has 1 aliphatic rings. The predicted octanol–water partition coefficient (Wildman–Crippen LogP) is 4.44. The molecule has 152 valence electrons. The Labute approximate surface area is 172 Å². The van der Waals surface area contributed by atoms with E-state index < -0.39 is 16.8 Å². The van der Waals surface area contributed by atoms with Crippen LogP contribution in [0.5, 0.6) is 0 Å². The Morgan fingerprint density at radius 3 is 2.48 bits per heavy atom. The lowest BCUT2D eigenvalue weighted by Gasteiger charge is -2.31. The lowest BCUT2D eigenvalue weighted by molar-refractivity contribution is -0.384. The number of anilines is 2. The van der Waals surface area contributed by atoms with Crippen LogP contribution in [0.4, 0.5) is 17.1 Å². The van der Waals surface area contributed by atoms with Crippen LogP contribution in [0.15, 0.2) is 36.4 Å². The van der Waals surface area contributed by atoms with Crippen LogP contribution < -0.4 is 10.2 Å². The summed E-state index contributed by atoms with van der Waals surface area (Å²) in [7, 11) is 0. The number of nitrogens with zero attached hydrogens (tertiary/aromatic N) is 2. The number of aromatic carboxylic acids is 1. The van der Waals surface area contributed by atoms with Crippen molar-refractivity contribution in [2.75, 3.05) is 23.3 Å². The Kier molecular flexibility index (Phi) is 6.03. The van der Waals surface area contributed by atoms with Crippen molar-refractivity contribution >= 4 is 40.5 Å². The number of nitro groups is 1. The van der Waals surface area contributed by atoms with E-state index in [-0.39, 0.29) is 21.8 Å². The zero-order valence-corrected chi connectivity index (χ0v) is 16.5. The minimum absolute atomic E-state index is 0.0176. The van der Waals surface area contributed by atoms with Crippen molar-refractivity contribution < 1.29 is 19.6 Å². The maximum absolute atomic E-state index is 12.5. The molecule has 1 saturated heterocycles. The number of carbonyl (C=O) groups excluding carboxylic acids is 1. The van der Waals surface area contributed by atoms with Crippen LogP contribution in [0.25, 0.3) is 0 Å². The van der Waals surface area contributed by atoms with E-state index in [9.17, 15) is 19.7 Å². The second-order valence-corrected chi connectivity index (χ2v) is 7.49. The van der Waals surface area contributed by atoms with Crippen LogP contribution in [0.3, 0.4) is 0 Å². The van der Waals surface area contributed by atoms with Crippen LogP contribution in [0, 0.1) is 16.0 Å². The van der Waals surface area contributed by atoms with Gasteiger partial charge in [-0.15, -0.1) is 0 Å². The van der Waals surface area contributed by atoms with E-state index in [1.54, 1.807) is 12.1 Å². The lowest BCUT2D eigenvalue weighted by Crippen LogP contribution is -2.33. The second kappa shape index (κ2) is 8.48. The summed E-state index contributed by atoms with van der Waals surface area (Å²) in [5.74, 6) is -1.13. The highest BCUT2D eigenvalue weighted by atomic mass is 35.5. The number of nitrogens with one attached hydrogen (secondary N) is 1. The summed E-state index contributed by atoms with van der Waals surface area (Å²) in [5.41, 5.74) is 0.727. The van der Waals surface area contributed by atoms with Gasteiger partial charge in [0.1, 0.15) is 5.69 Å². The molecular weight excluding hydrogens is 398 g/mol. The van der Waals surface area contributed by atoms with Gasteiger partial charge in [0.05, 0.1) is 15.5 Å². The monoisotopic (exact) mass is 417 g/mol. The molecule has 0 spiro atoms. The molecule has 0 bridgehead atoms. The molecule has 1 fully saturated rings. The van der Waals surface area contributed by atoms with Gasteiger partial charge in [-0.25, -0.2) is 4.79 Å². The van der Waals surface area contributed by atoms with Crippen LogP contribution in [0.2, 0.25) is 5.02 Å². The molecular formula is C20H20ClN3O5. The van der Waals surface area contributed by atoms with Gasteiger partial charge in [0, 0.05) is 30.4 Å². The van der Waals surface area contributed by atoms with Crippen molar-refractivity contribution in [1.82, 2.24) is 0 Å². The van der Waals surface area contributed by atoms with Crippen molar-refractivity contribution in [2.24, 2.45) is 5.92 Å². The molecule has 2 N–H and O–H groups in total. The molecule has 1 aliphatic heterocycles. The van der Waals surface area contributed by atoms with E-state index in [0.717, 1.165) is 25.9 Å². The highest BCUT2D eigenvalue weighted by Crippen LogP contribution is 2.32. The van der Waals surface area contributed by atoms with Gasteiger partial charge in [-0.05, 0) is 49.1 Å². The molecule has 0 radical (unpaired) electrons. The first-order chi connectivity index (χ1) is 13.8. The normalized spacial score (nSPS) is 14.5. The van der Waals surface area contributed by atoms with Crippen LogP contribution >= 0.6 is 11.6 Å². The van der Waals surface area contributed by atoms with Crippen LogP contribution in [-0.2, 0) is 0 Å². The average Bonchev–Trinajstić information content (AvgIpc) is 2.68. The van der Waals surface area contributed by atoms with E-state index in [2.05, 4.69) is 12.2 Å². The molecule has 29 heavy (non-hydrogen) atoms. The fraction of sp³-hybridized carbons (Fsp3) is 0.300. The number of piperidine rings is 1. The van der Waals surface area contributed by atoms with Gasteiger partial charge in [0.2, 0.25) is 0 Å². The molecule has 0 saturated carbocycles. The number of amides is 1. The third-order valence-corrected chi connectivity index (χ3v) is 5.33. The third kappa shape index (κ3) is 4.65. The quantitative estimate of drug-likeness (QED) is 0.549. The minimum Gasteiger partial charge on any atom is -0.478 e. The van der Waals surface area contributed by atoms with Crippen molar-refractivity contribution in [2.45, 2.75) is 19.8 Å². The number of benzene rings is 2. The number of carboxylic acids is 1. The van der Waals surface area contributed by atoms with E-state index in [4.69, 9.17) is 16.7 Å². The van der Waals surface area contributed by atoms with Gasteiger partial charge < -0.3 is 15.3 Å². The smallest absolute Gasteiger partial charge is 0.337 e. The van der Waals surface area contributed by atoms with Crippen molar-refractivity contribution in [3.8, 4) is 0 Å². The maximum Gasteiger partial charge on any atom is 0.337 e. The Balaban J connectivity index is 1.82. The summed E-state index contributed by atoms with van der Waals surface area (Å²) in [5, 5.41) is 23.2. The first-order valence-electron chi connectivity index (χ1n) is 9.14. The SMILES string of the molecule is CC1CCN(c2ccc(C(=O)Nc3ccc(C(=O)O)c(Cl)c3)cc2[N+](=O)[O-])CC1. The molecule has 0 atom stereocenters. The van der Waals surface area contributed by atoms with Crippen molar-refractivity contribution in [3.05, 3.63) is 62.7 Å². The Bertz CT molecular complexity index is 971. The van der Waals surface area contributed by atoms with E-state index in [1.807, 2.05) is 4.90 Å². The van der Waals surface area contributed by atoms with E-state index >= 15 is 0 Å². The summed E-state index contributed by atoms with van der Waals surface area (Å²) in [6, 6.07) is 8.41. The zero-order chi connectivity index (χ0) is 21.1. The number of nitro benzene ring substituents is 1. The molecule has 0 aliphatic carbocycles. The highest BCUT2D eigenvalue weighted by molar-refractivity contribution is 6.33. The average molecular weight is 418 g/mol. The summed E-state index contributed by atoms with van der Waals surface area (Å²) in [4.78, 5) is 36.6. The second-order valence-electron chi connectivity index (χ2n) is 7.08. The molecule has 9 heteroatoms. The predicted molar refractivity (Wildman–Crippen MR) is 110 cm³/mol.